The van der Waals surface area contributed by atoms with Crippen LogP contribution in [0.3, 0.4) is 0 Å². The summed E-state index contributed by atoms with van der Waals surface area (Å²) >= 11 is 0. The van der Waals surface area contributed by atoms with Gasteiger partial charge in [0.1, 0.15) is 11.9 Å². The molecule has 0 saturated heterocycles. The van der Waals surface area contributed by atoms with E-state index in [-0.39, 0.29) is 11.3 Å². The third-order valence-corrected chi connectivity index (χ3v) is 2.23. The lowest BCUT2D eigenvalue weighted by Crippen LogP contribution is -2.35. The van der Waals surface area contributed by atoms with Crippen molar-refractivity contribution in [3.63, 3.8) is 0 Å². The Morgan fingerprint density at radius 2 is 2.12 bits per heavy atom. The van der Waals surface area contributed by atoms with E-state index in [0.717, 1.165) is 0 Å². The van der Waals surface area contributed by atoms with Crippen molar-refractivity contribution in [2.24, 2.45) is 0 Å². The van der Waals surface area contributed by atoms with Crippen LogP contribution in [0.2, 0.25) is 0 Å². The molecule has 0 aliphatic rings. The fourth-order valence-electron chi connectivity index (χ4n) is 1.14. The Labute approximate surface area is 96.9 Å². The van der Waals surface area contributed by atoms with Gasteiger partial charge in [-0.05, 0) is 24.6 Å². The standard InChI is InChI=1S/C11H13F2NO3/c1-6-2-3-7(4-8(6)15)11(17)14-5-9(16)10(12)13/h2-4,9-10,15-16H,5H2,1H3,(H,14,17). The highest BCUT2D eigenvalue weighted by Crippen LogP contribution is 2.17. The first-order chi connectivity index (χ1) is 7.91. The third-order valence-electron chi connectivity index (χ3n) is 2.23. The Kier molecular flexibility index (Phi) is 4.39. The number of aliphatic hydroxyl groups excluding tert-OH is 1. The van der Waals surface area contributed by atoms with Gasteiger partial charge in [0, 0.05) is 12.1 Å². The largest absolute Gasteiger partial charge is 0.508 e. The lowest BCUT2D eigenvalue weighted by Gasteiger charge is -2.11. The van der Waals surface area contributed by atoms with Gasteiger partial charge in [-0.3, -0.25) is 4.79 Å². The van der Waals surface area contributed by atoms with E-state index in [0.29, 0.717) is 5.56 Å². The van der Waals surface area contributed by atoms with Crippen LogP contribution in [0.5, 0.6) is 5.75 Å². The van der Waals surface area contributed by atoms with Gasteiger partial charge in [-0.15, -0.1) is 0 Å². The number of benzene rings is 1. The number of alkyl halides is 2. The van der Waals surface area contributed by atoms with Gasteiger partial charge < -0.3 is 15.5 Å². The molecule has 1 amide bonds. The monoisotopic (exact) mass is 245 g/mol. The second kappa shape index (κ2) is 5.58. The van der Waals surface area contributed by atoms with Crippen LogP contribution in [0.4, 0.5) is 8.78 Å². The Hall–Kier alpha value is -1.69. The molecule has 1 rings (SSSR count). The van der Waals surface area contributed by atoms with Crippen molar-refractivity contribution in [2.75, 3.05) is 6.54 Å². The number of carbonyl (C=O) groups is 1. The molecule has 0 spiro atoms. The SMILES string of the molecule is Cc1ccc(C(=O)NCC(O)C(F)F)cc1O. The zero-order chi connectivity index (χ0) is 13.0. The van der Waals surface area contributed by atoms with Gasteiger partial charge >= 0.3 is 0 Å². The van der Waals surface area contributed by atoms with Gasteiger partial charge in [0.05, 0.1) is 0 Å². The molecular weight excluding hydrogens is 232 g/mol. The van der Waals surface area contributed by atoms with Crippen molar-refractivity contribution in [3.05, 3.63) is 29.3 Å². The number of aryl methyl sites for hydroxylation is 1. The van der Waals surface area contributed by atoms with Gasteiger partial charge in [-0.1, -0.05) is 6.07 Å². The van der Waals surface area contributed by atoms with Crippen LogP contribution < -0.4 is 5.32 Å². The van der Waals surface area contributed by atoms with Gasteiger partial charge in [0.25, 0.3) is 12.3 Å². The van der Waals surface area contributed by atoms with E-state index in [2.05, 4.69) is 5.32 Å². The molecule has 6 heteroatoms. The maximum absolute atomic E-state index is 12.0. The summed E-state index contributed by atoms with van der Waals surface area (Å²) < 4.78 is 23.9. The minimum atomic E-state index is -2.90. The zero-order valence-electron chi connectivity index (χ0n) is 9.15. The summed E-state index contributed by atoms with van der Waals surface area (Å²) in [5.41, 5.74) is 0.753. The highest BCUT2D eigenvalue weighted by Gasteiger charge is 2.18. The quantitative estimate of drug-likeness (QED) is 0.742. The summed E-state index contributed by atoms with van der Waals surface area (Å²) in [6.07, 6.45) is -4.79. The topological polar surface area (TPSA) is 69.6 Å². The lowest BCUT2D eigenvalue weighted by molar-refractivity contribution is -0.00270. The second-order valence-corrected chi connectivity index (χ2v) is 3.61. The third kappa shape index (κ3) is 3.67. The second-order valence-electron chi connectivity index (χ2n) is 3.61. The van der Waals surface area contributed by atoms with Crippen LogP contribution in [0.25, 0.3) is 0 Å². The van der Waals surface area contributed by atoms with Gasteiger partial charge in [-0.25, -0.2) is 8.78 Å². The Bertz CT molecular complexity index is 410. The minimum Gasteiger partial charge on any atom is -0.508 e. The maximum Gasteiger partial charge on any atom is 0.265 e. The Morgan fingerprint density at radius 1 is 1.47 bits per heavy atom. The summed E-state index contributed by atoms with van der Waals surface area (Å²) in [5.74, 6) is -0.674. The molecule has 1 atom stereocenters. The Morgan fingerprint density at radius 3 is 2.65 bits per heavy atom. The van der Waals surface area contributed by atoms with Crippen molar-refractivity contribution in [1.29, 1.82) is 0 Å². The number of phenolic OH excluding ortho intramolecular Hbond substituents is 1. The summed E-state index contributed by atoms with van der Waals surface area (Å²) in [7, 11) is 0. The number of aliphatic hydroxyl groups is 1. The average molecular weight is 245 g/mol. The number of rotatable bonds is 4. The zero-order valence-corrected chi connectivity index (χ0v) is 9.15. The van der Waals surface area contributed by atoms with Gasteiger partial charge in [0.2, 0.25) is 0 Å². The molecule has 0 aliphatic heterocycles. The first-order valence-corrected chi connectivity index (χ1v) is 4.96. The maximum atomic E-state index is 12.0. The van der Waals surface area contributed by atoms with E-state index in [9.17, 15) is 18.7 Å². The molecule has 1 aromatic rings. The molecule has 0 bridgehead atoms. The van der Waals surface area contributed by atoms with Crippen molar-refractivity contribution in [3.8, 4) is 5.75 Å². The number of phenols is 1. The summed E-state index contributed by atoms with van der Waals surface area (Å²) in [6, 6.07) is 4.23. The molecule has 94 valence electrons. The van der Waals surface area contributed by atoms with Crippen molar-refractivity contribution < 1.29 is 23.8 Å². The van der Waals surface area contributed by atoms with E-state index in [4.69, 9.17) is 5.11 Å². The highest BCUT2D eigenvalue weighted by atomic mass is 19.3. The molecule has 17 heavy (non-hydrogen) atoms. The summed E-state index contributed by atoms with van der Waals surface area (Å²) in [4.78, 5) is 11.5. The van der Waals surface area contributed by atoms with Crippen molar-refractivity contribution in [1.82, 2.24) is 5.32 Å². The Balaban J connectivity index is 2.61. The molecular formula is C11H13F2NO3. The molecule has 0 aliphatic carbocycles. The van der Waals surface area contributed by atoms with Crippen molar-refractivity contribution in [2.45, 2.75) is 19.5 Å². The van der Waals surface area contributed by atoms with E-state index in [1.165, 1.54) is 18.2 Å². The fourth-order valence-corrected chi connectivity index (χ4v) is 1.14. The number of aromatic hydroxyl groups is 1. The molecule has 0 heterocycles. The molecule has 1 aromatic carbocycles. The number of nitrogens with one attached hydrogen (secondary N) is 1. The molecule has 4 nitrogen and oxygen atoms in total. The summed E-state index contributed by atoms with van der Waals surface area (Å²) in [5, 5.41) is 20.3. The van der Waals surface area contributed by atoms with Crippen LogP contribution in [0, 0.1) is 6.92 Å². The number of carbonyl (C=O) groups excluding carboxylic acids is 1. The fraction of sp³-hybridized carbons (Fsp3) is 0.364. The highest BCUT2D eigenvalue weighted by molar-refractivity contribution is 5.94. The van der Waals surface area contributed by atoms with Crippen molar-refractivity contribution >= 4 is 5.91 Å². The normalized spacial score (nSPS) is 12.5. The molecule has 0 saturated carbocycles. The van der Waals surface area contributed by atoms with Gasteiger partial charge in [-0.2, -0.15) is 0 Å². The first kappa shape index (κ1) is 13.4. The number of amides is 1. The molecule has 3 N–H and O–H groups in total. The van der Waals surface area contributed by atoms with Crippen LogP contribution in [-0.4, -0.2) is 35.2 Å². The molecule has 0 fully saturated rings. The predicted octanol–water partition coefficient (Wildman–Crippen LogP) is 1.06. The predicted molar refractivity (Wildman–Crippen MR) is 57.2 cm³/mol. The lowest BCUT2D eigenvalue weighted by atomic mass is 10.1. The molecule has 0 radical (unpaired) electrons. The van der Waals surface area contributed by atoms with Crippen LogP contribution in [0.15, 0.2) is 18.2 Å². The summed E-state index contributed by atoms with van der Waals surface area (Å²) in [6.45, 7) is 1.13. The van der Waals surface area contributed by atoms with E-state index < -0.39 is 25.0 Å². The van der Waals surface area contributed by atoms with Crippen LogP contribution in [0.1, 0.15) is 15.9 Å². The first-order valence-electron chi connectivity index (χ1n) is 4.96. The van der Waals surface area contributed by atoms with E-state index in [1.807, 2.05) is 0 Å². The van der Waals surface area contributed by atoms with Crippen LogP contribution >= 0.6 is 0 Å². The number of hydrogen-bond donors (Lipinski definition) is 3. The number of hydrogen-bond acceptors (Lipinski definition) is 3. The smallest absolute Gasteiger partial charge is 0.265 e. The van der Waals surface area contributed by atoms with E-state index in [1.54, 1.807) is 6.92 Å². The van der Waals surface area contributed by atoms with Crippen LogP contribution in [-0.2, 0) is 0 Å². The molecule has 0 aromatic heterocycles. The van der Waals surface area contributed by atoms with E-state index >= 15 is 0 Å². The molecule has 1 unspecified atom stereocenters. The minimum absolute atomic E-state index is 0.0490. The van der Waals surface area contributed by atoms with Gasteiger partial charge in [0.15, 0.2) is 0 Å². The average Bonchev–Trinajstić information content (AvgIpc) is 2.28. The number of halogens is 2.